The molecule has 0 bridgehead atoms. The Kier molecular flexibility index (Phi) is 4.29. The van der Waals surface area contributed by atoms with Crippen molar-refractivity contribution in [1.29, 1.82) is 0 Å². The van der Waals surface area contributed by atoms with E-state index < -0.39 is 11.8 Å². The second-order valence-electron chi connectivity index (χ2n) is 4.43. The predicted molar refractivity (Wildman–Crippen MR) is 72.8 cm³/mol. The Morgan fingerprint density at radius 1 is 1.45 bits per heavy atom. The number of anilines is 1. The molecule has 0 fully saturated rings. The van der Waals surface area contributed by atoms with Gasteiger partial charge in [-0.2, -0.15) is 5.10 Å². The van der Waals surface area contributed by atoms with Gasteiger partial charge in [-0.1, -0.05) is 12.1 Å². The summed E-state index contributed by atoms with van der Waals surface area (Å²) in [6.07, 6.45) is 0.450. The van der Waals surface area contributed by atoms with Crippen molar-refractivity contribution in [3.63, 3.8) is 0 Å². The molecule has 1 aromatic carbocycles. The third-order valence-electron chi connectivity index (χ3n) is 3.00. The molecule has 0 aromatic heterocycles. The maximum atomic E-state index is 13.3. The second kappa shape index (κ2) is 6.14. The van der Waals surface area contributed by atoms with Gasteiger partial charge in [0.15, 0.2) is 0 Å². The Labute approximate surface area is 115 Å². The SMILES string of the molecule is CC1=NNC(=O)C1CCNC(=O)Nc1ccccc1F. The van der Waals surface area contributed by atoms with E-state index in [9.17, 15) is 14.0 Å². The smallest absolute Gasteiger partial charge is 0.319 e. The maximum Gasteiger partial charge on any atom is 0.319 e. The van der Waals surface area contributed by atoms with Crippen LogP contribution in [0, 0.1) is 11.7 Å². The van der Waals surface area contributed by atoms with Crippen LogP contribution in [0.25, 0.3) is 0 Å². The van der Waals surface area contributed by atoms with Gasteiger partial charge in [-0.05, 0) is 25.5 Å². The molecule has 6 nitrogen and oxygen atoms in total. The predicted octanol–water partition coefficient (Wildman–Crippen LogP) is 1.46. The summed E-state index contributed by atoms with van der Waals surface area (Å²) < 4.78 is 13.3. The lowest BCUT2D eigenvalue weighted by Crippen LogP contribution is -2.33. The highest BCUT2D eigenvalue weighted by molar-refractivity contribution is 6.06. The average molecular weight is 278 g/mol. The number of hydrogen-bond donors (Lipinski definition) is 3. The molecule has 7 heteroatoms. The van der Waals surface area contributed by atoms with E-state index in [1.807, 2.05) is 0 Å². The summed E-state index contributed by atoms with van der Waals surface area (Å²) in [6.45, 7) is 2.05. The lowest BCUT2D eigenvalue weighted by molar-refractivity contribution is -0.122. The van der Waals surface area contributed by atoms with Gasteiger partial charge in [0.2, 0.25) is 5.91 Å². The first-order valence-corrected chi connectivity index (χ1v) is 6.21. The van der Waals surface area contributed by atoms with Crippen molar-refractivity contribution in [3.05, 3.63) is 30.1 Å². The van der Waals surface area contributed by atoms with Crippen LogP contribution in [0.1, 0.15) is 13.3 Å². The summed E-state index contributed by atoms with van der Waals surface area (Å²) >= 11 is 0. The van der Waals surface area contributed by atoms with Crippen LogP contribution in [-0.2, 0) is 4.79 Å². The van der Waals surface area contributed by atoms with Gasteiger partial charge in [0.25, 0.3) is 0 Å². The number of nitrogens with zero attached hydrogens (tertiary/aromatic N) is 1. The van der Waals surface area contributed by atoms with Crippen LogP contribution in [-0.4, -0.2) is 24.2 Å². The molecule has 1 atom stereocenters. The van der Waals surface area contributed by atoms with Crippen LogP contribution in [0.4, 0.5) is 14.9 Å². The van der Waals surface area contributed by atoms with Crippen molar-refractivity contribution in [2.24, 2.45) is 11.0 Å². The molecule has 1 heterocycles. The van der Waals surface area contributed by atoms with Gasteiger partial charge in [0.1, 0.15) is 5.82 Å². The number of halogens is 1. The topological polar surface area (TPSA) is 82.6 Å². The fourth-order valence-electron chi connectivity index (χ4n) is 1.89. The molecule has 1 aliphatic heterocycles. The normalized spacial score (nSPS) is 17.4. The van der Waals surface area contributed by atoms with Crippen molar-refractivity contribution in [2.75, 3.05) is 11.9 Å². The number of urea groups is 1. The standard InChI is InChI=1S/C13H15FN4O2/c1-8-9(12(19)18-17-8)6-7-15-13(20)16-11-5-3-2-4-10(11)14/h2-5,9H,6-7H2,1H3,(H,18,19)(H2,15,16,20). The van der Waals surface area contributed by atoms with E-state index in [0.717, 1.165) is 0 Å². The van der Waals surface area contributed by atoms with Gasteiger partial charge in [-0.3, -0.25) is 4.79 Å². The molecule has 106 valence electrons. The molecule has 0 aliphatic carbocycles. The van der Waals surface area contributed by atoms with Crippen molar-refractivity contribution in [1.82, 2.24) is 10.7 Å². The first-order chi connectivity index (χ1) is 9.58. The summed E-state index contributed by atoms with van der Waals surface area (Å²) in [7, 11) is 0. The Bertz CT molecular complexity index is 559. The number of nitrogens with one attached hydrogen (secondary N) is 3. The largest absolute Gasteiger partial charge is 0.338 e. The van der Waals surface area contributed by atoms with E-state index in [0.29, 0.717) is 18.7 Å². The monoisotopic (exact) mass is 278 g/mol. The Balaban J connectivity index is 1.77. The fraction of sp³-hybridized carbons (Fsp3) is 0.308. The Morgan fingerprint density at radius 2 is 2.20 bits per heavy atom. The van der Waals surface area contributed by atoms with Gasteiger partial charge in [-0.25, -0.2) is 14.6 Å². The molecule has 1 aliphatic rings. The summed E-state index contributed by atoms with van der Waals surface area (Å²) in [5.41, 5.74) is 3.19. The van der Waals surface area contributed by atoms with Crippen LogP contribution >= 0.6 is 0 Å². The summed E-state index contributed by atoms with van der Waals surface area (Å²) in [6, 6.07) is 5.39. The molecule has 1 unspecified atom stereocenters. The van der Waals surface area contributed by atoms with Crippen LogP contribution in [0.3, 0.4) is 0 Å². The lowest BCUT2D eigenvalue weighted by atomic mass is 10.0. The van der Waals surface area contributed by atoms with Gasteiger partial charge < -0.3 is 10.6 Å². The van der Waals surface area contributed by atoms with Gasteiger partial charge in [0, 0.05) is 12.3 Å². The number of para-hydroxylation sites is 1. The summed E-state index contributed by atoms with van der Waals surface area (Å²) in [4.78, 5) is 23.0. The molecule has 0 saturated heterocycles. The number of carbonyl (C=O) groups is 2. The van der Waals surface area contributed by atoms with Crippen molar-refractivity contribution >= 4 is 23.3 Å². The number of amides is 3. The zero-order valence-corrected chi connectivity index (χ0v) is 10.9. The molecule has 2 rings (SSSR count). The highest BCUT2D eigenvalue weighted by Gasteiger charge is 2.26. The van der Waals surface area contributed by atoms with E-state index in [-0.39, 0.29) is 17.5 Å². The van der Waals surface area contributed by atoms with Crippen LogP contribution in [0.2, 0.25) is 0 Å². The van der Waals surface area contributed by atoms with Gasteiger partial charge in [0.05, 0.1) is 11.6 Å². The van der Waals surface area contributed by atoms with Crippen LogP contribution in [0.5, 0.6) is 0 Å². The van der Waals surface area contributed by atoms with Crippen molar-refractivity contribution in [3.8, 4) is 0 Å². The molecule has 0 spiro atoms. The number of hydrogen-bond acceptors (Lipinski definition) is 3. The quantitative estimate of drug-likeness (QED) is 0.779. The van der Waals surface area contributed by atoms with Crippen LogP contribution in [0.15, 0.2) is 29.4 Å². The first-order valence-electron chi connectivity index (χ1n) is 6.21. The molecule has 0 radical (unpaired) electrons. The van der Waals surface area contributed by atoms with Crippen molar-refractivity contribution in [2.45, 2.75) is 13.3 Å². The highest BCUT2D eigenvalue weighted by Crippen LogP contribution is 2.12. The molecule has 0 saturated carbocycles. The fourth-order valence-corrected chi connectivity index (χ4v) is 1.89. The minimum absolute atomic E-state index is 0.112. The molecule has 3 N–H and O–H groups in total. The minimum Gasteiger partial charge on any atom is -0.338 e. The van der Waals surface area contributed by atoms with Crippen molar-refractivity contribution < 1.29 is 14.0 Å². The van der Waals surface area contributed by atoms with E-state index in [1.165, 1.54) is 12.1 Å². The maximum absolute atomic E-state index is 13.3. The lowest BCUT2D eigenvalue weighted by Gasteiger charge is -2.10. The highest BCUT2D eigenvalue weighted by atomic mass is 19.1. The van der Waals surface area contributed by atoms with E-state index in [2.05, 4.69) is 21.2 Å². The molecular weight excluding hydrogens is 263 g/mol. The van der Waals surface area contributed by atoms with E-state index in [1.54, 1.807) is 19.1 Å². The molecule has 3 amide bonds. The first kappa shape index (κ1) is 14.0. The van der Waals surface area contributed by atoms with Gasteiger partial charge >= 0.3 is 6.03 Å². The zero-order valence-electron chi connectivity index (χ0n) is 10.9. The summed E-state index contributed by atoms with van der Waals surface area (Å²) in [5.74, 6) is -0.983. The molecule has 1 aromatic rings. The molecule has 20 heavy (non-hydrogen) atoms. The second-order valence-corrected chi connectivity index (χ2v) is 4.43. The Hall–Kier alpha value is -2.44. The Morgan fingerprint density at radius 3 is 2.85 bits per heavy atom. The number of carbonyl (C=O) groups excluding carboxylic acids is 2. The minimum atomic E-state index is -0.511. The van der Waals surface area contributed by atoms with E-state index in [4.69, 9.17) is 0 Å². The van der Waals surface area contributed by atoms with Crippen LogP contribution < -0.4 is 16.1 Å². The molecular formula is C13H15FN4O2. The average Bonchev–Trinajstić information content (AvgIpc) is 2.73. The number of rotatable bonds is 4. The third-order valence-corrected chi connectivity index (χ3v) is 3.00. The number of hydrazone groups is 1. The van der Waals surface area contributed by atoms with E-state index >= 15 is 0 Å². The van der Waals surface area contributed by atoms with Gasteiger partial charge in [-0.15, -0.1) is 0 Å². The number of benzene rings is 1. The third kappa shape index (κ3) is 3.31. The summed E-state index contributed by atoms with van der Waals surface area (Å²) in [5, 5.41) is 8.79. The zero-order chi connectivity index (χ0) is 14.5.